The van der Waals surface area contributed by atoms with E-state index in [0.29, 0.717) is 10.8 Å². The van der Waals surface area contributed by atoms with Crippen molar-refractivity contribution in [2.45, 2.75) is 103 Å². The normalized spacial score (nSPS) is 12.3. The SMILES string of the molecule is CCCCCCCCCCCCCCCC(=O)OC[C@H](O)CI. The van der Waals surface area contributed by atoms with Crippen molar-refractivity contribution in [2.24, 2.45) is 0 Å². The topological polar surface area (TPSA) is 46.5 Å². The fourth-order valence-corrected chi connectivity index (χ4v) is 2.85. The van der Waals surface area contributed by atoms with Crippen LogP contribution in [0.3, 0.4) is 0 Å². The van der Waals surface area contributed by atoms with Gasteiger partial charge in [-0.2, -0.15) is 0 Å². The lowest BCUT2D eigenvalue weighted by molar-refractivity contribution is -0.146. The minimum absolute atomic E-state index is 0.139. The quantitative estimate of drug-likeness (QED) is 0.134. The third-order valence-corrected chi connectivity index (χ3v) is 5.12. The maximum Gasteiger partial charge on any atom is 0.305 e. The van der Waals surface area contributed by atoms with Crippen molar-refractivity contribution in [1.82, 2.24) is 0 Å². The number of hydrogen-bond donors (Lipinski definition) is 1. The molecule has 0 aliphatic carbocycles. The van der Waals surface area contributed by atoms with Gasteiger partial charge in [0, 0.05) is 10.8 Å². The molecule has 0 fully saturated rings. The van der Waals surface area contributed by atoms with Gasteiger partial charge in [0.2, 0.25) is 0 Å². The Hall–Kier alpha value is 0.160. The summed E-state index contributed by atoms with van der Waals surface area (Å²) in [6.45, 7) is 2.40. The average molecular weight is 440 g/mol. The van der Waals surface area contributed by atoms with E-state index < -0.39 is 6.10 Å². The maximum absolute atomic E-state index is 11.4. The van der Waals surface area contributed by atoms with Crippen molar-refractivity contribution < 1.29 is 14.6 Å². The Morgan fingerprint density at radius 3 is 1.74 bits per heavy atom. The lowest BCUT2D eigenvalue weighted by atomic mass is 10.0. The molecule has 0 aliphatic heterocycles. The number of carbonyl (C=O) groups excluding carboxylic acids is 1. The van der Waals surface area contributed by atoms with Gasteiger partial charge in [-0.05, 0) is 6.42 Å². The third kappa shape index (κ3) is 18.3. The lowest BCUT2D eigenvalue weighted by Gasteiger charge is -2.08. The van der Waals surface area contributed by atoms with E-state index in [-0.39, 0.29) is 12.6 Å². The fourth-order valence-electron chi connectivity index (χ4n) is 2.59. The van der Waals surface area contributed by atoms with Gasteiger partial charge in [0.15, 0.2) is 0 Å². The van der Waals surface area contributed by atoms with Crippen molar-refractivity contribution >= 4 is 28.6 Å². The number of ether oxygens (including phenoxy) is 1. The summed E-state index contributed by atoms with van der Waals surface area (Å²) in [7, 11) is 0. The molecule has 0 radical (unpaired) electrons. The van der Waals surface area contributed by atoms with Crippen molar-refractivity contribution in [3.8, 4) is 0 Å². The first-order valence-corrected chi connectivity index (χ1v) is 11.1. The van der Waals surface area contributed by atoms with Crippen molar-refractivity contribution in [2.75, 3.05) is 11.0 Å². The van der Waals surface area contributed by atoms with Crippen LogP contribution in [-0.2, 0) is 9.53 Å². The molecule has 0 aromatic heterocycles. The molecule has 1 atom stereocenters. The first-order chi connectivity index (χ1) is 11.2. The molecule has 0 rings (SSSR count). The van der Waals surface area contributed by atoms with E-state index in [4.69, 9.17) is 4.74 Å². The van der Waals surface area contributed by atoms with E-state index in [0.717, 1.165) is 12.8 Å². The molecule has 1 N–H and O–H groups in total. The molecule has 0 aromatic rings. The van der Waals surface area contributed by atoms with Gasteiger partial charge in [-0.15, -0.1) is 0 Å². The van der Waals surface area contributed by atoms with Gasteiger partial charge in [0.1, 0.15) is 6.61 Å². The highest BCUT2D eigenvalue weighted by Crippen LogP contribution is 2.13. The van der Waals surface area contributed by atoms with Crippen molar-refractivity contribution in [1.29, 1.82) is 0 Å². The highest BCUT2D eigenvalue weighted by molar-refractivity contribution is 14.1. The highest BCUT2D eigenvalue weighted by atomic mass is 127. The summed E-state index contributed by atoms with van der Waals surface area (Å²) in [4.78, 5) is 11.4. The van der Waals surface area contributed by atoms with Crippen LogP contribution in [0.5, 0.6) is 0 Å². The van der Waals surface area contributed by atoms with Crippen LogP contribution in [0, 0.1) is 0 Å². The second kappa shape index (κ2) is 18.5. The van der Waals surface area contributed by atoms with Crippen LogP contribution >= 0.6 is 22.6 Å². The minimum atomic E-state index is -0.522. The Bertz CT molecular complexity index is 259. The van der Waals surface area contributed by atoms with Crippen LogP contribution < -0.4 is 0 Å². The van der Waals surface area contributed by atoms with Crippen LogP contribution in [0.1, 0.15) is 96.8 Å². The molecule has 0 heterocycles. The van der Waals surface area contributed by atoms with Crippen LogP contribution in [0.15, 0.2) is 0 Å². The Kier molecular flexibility index (Phi) is 18.6. The largest absolute Gasteiger partial charge is 0.463 e. The van der Waals surface area contributed by atoms with E-state index in [1.165, 1.54) is 70.6 Å². The summed E-state index contributed by atoms with van der Waals surface area (Å²) in [6, 6.07) is 0. The molecule has 0 spiro atoms. The Labute approximate surface area is 157 Å². The van der Waals surface area contributed by atoms with E-state index in [1.54, 1.807) is 0 Å². The molecule has 0 saturated heterocycles. The van der Waals surface area contributed by atoms with Crippen LogP contribution in [0.2, 0.25) is 0 Å². The predicted molar refractivity (Wildman–Crippen MR) is 106 cm³/mol. The number of halogens is 1. The molecule has 0 saturated carbocycles. The zero-order chi connectivity index (χ0) is 17.2. The Balaban J connectivity index is 3.14. The number of aliphatic hydroxyl groups excluding tert-OH is 1. The molecule has 0 unspecified atom stereocenters. The van der Waals surface area contributed by atoms with Gasteiger partial charge in [-0.3, -0.25) is 4.79 Å². The van der Waals surface area contributed by atoms with E-state index in [2.05, 4.69) is 29.5 Å². The maximum atomic E-state index is 11.4. The van der Waals surface area contributed by atoms with Gasteiger partial charge < -0.3 is 9.84 Å². The number of esters is 1. The van der Waals surface area contributed by atoms with Gasteiger partial charge >= 0.3 is 5.97 Å². The molecular weight excluding hydrogens is 403 g/mol. The standard InChI is InChI=1S/C19H37IO3/c1-2-3-4-5-6-7-8-9-10-11-12-13-14-15-19(22)23-17-18(21)16-20/h18,21H,2-17H2,1H3/t18-/m1/s1. The van der Waals surface area contributed by atoms with Crippen LogP contribution in [-0.4, -0.2) is 28.2 Å². The second-order valence-electron chi connectivity index (χ2n) is 6.48. The second-order valence-corrected chi connectivity index (χ2v) is 7.36. The van der Waals surface area contributed by atoms with Gasteiger partial charge in [0.05, 0.1) is 6.10 Å². The molecule has 3 nitrogen and oxygen atoms in total. The summed E-state index contributed by atoms with van der Waals surface area (Å²) in [5.41, 5.74) is 0. The van der Waals surface area contributed by atoms with E-state index in [9.17, 15) is 9.90 Å². The first kappa shape index (κ1) is 23.2. The predicted octanol–water partition coefficient (Wildman–Crippen LogP) is 5.81. The fraction of sp³-hybridized carbons (Fsp3) is 0.947. The molecule has 0 amide bonds. The number of alkyl halides is 1. The molecule has 0 bridgehead atoms. The van der Waals surface area contributed by atoms with Gasteiger partial charge in [0.25, 0.3) is 0 Å². The zero-order valence-electron chi connectivity index (χ0n) is 15.0. The molecule has 4 heteroatoms. The first-order valence-electron chi connectivity index (χ1n) is 9.60. The summed E-state index contributed by atoms with van der Waals surface area (Å²) < 4.78 is 5.61. The number of rotatable bonds is 17. The highest BCUT2D eigenvalue weighted by Gasteiger charge is 2.07. The molecular formula is C19H37IO3. The van der Waals surface area contributed by atoms with E-state index >= 15 is 0 Å². The smallest absolute Gasteiger partial charge is 0.305 e. The molecule has 0 aliphatic rings. The minimum Gasteiger partial charge on any atom is -0.463 e. The Morgan fingerprint density at radius 2 is 1.30 bits per heavy atom. The number of hydrogen-bond acceptors (Lipinski definition) is 3. The Morgan fingerprint density at radius 1 is 0.870 bits per heavy atom. The summed E-state index contributed by atoms with van der Waals surface area (Å²) >= 11 is 2.08. The van der Waals surface area contributed by atoms with Gasteiger partial charge in [-0.25, -0.2) is 0 Å². The van der Waals surface area contributed by atoms with Crippen LogP contribution in [0.4, 0.5) is 0 Å². The number of aliphatic hydroxyl groups is 1. The number of unbranched alkanes of at least 4 members (excludes halogenated alkanes) is 12. The third-order valence-electron chi connectivity index (χ3n) is 4.10. The lowest BCUT2D eigenvalue weighted by Crippen LogP contribution is -2.19. The molecule has 0 aromatic carbocycles. The average Bonchev–Trinajstić information content (AvgIpc) is 2.56. The van der Waals surface area contributed by atoms with Crippen LogP contribution in [0.25, 0.3) is 0 Å². The zero-order valence-corrected chi connectivity index (χ0v) is 17.2. The monoisotopic (exact) mass is 440 g/mol. The molecule has 23 heavy (non-hydrogen) atoms. The number of carbonyl (C=O) groups is 1. The summed E-state index contributed by atoms with van der Waals surface area (Å²) in [5, 5.41) is 9.31. The summed E-state index contributed by atoms with van der Waals surface area (Å²) in [5.74, 6) is -0.169. The molecule has 138 valence electrons. The summed E-state index contributed by atoms with van der Waals surface area (Å²) in [6.07, 6.45) is 17.0. The van der Waals surface area contributed by atoms with E-state index in [1.807, 2.05) is 0 Å². The van der Waals surface area contributed by atoms with Crippen molar-refractivity contribution in [3.63, 3.8) is 0 Å². The van der Waals surface area contributed by atoms with Gasteiger partial charge in [-0.1, -0.05) is 107 Å². The van der Waals surface area contributed by atoms with Crippen molar-refractivity contribution in [3.05, 3.63) is 0 Å².